The number of hydrogen-bond donors (Lipinski definition) is 0. The summed E-state index contributed by atoms with van der Waals surface area (Å²) in [6.07, 6.45) is 0. The second kappa shape index (κ2) is 3.81. The van der Waals surface area contributed by atoms with Crippen LogP contribution in [0.3, 0.4) is 0 Å². The van der Waals surface area contributed by atoms with Gasteiger partial charge in [-0.25, -0.2) is 8.42 Å². The van der Waals surface area contributed by atoms with Gasteiger partial charge in [-0.15, -0.1) is 11.3 Å². The molecule has 68 valence electrons. The fourth-order valence-corrected chi connectivity index (χ4v) is 4.60. The van der Waals surface area contributed by atoms with Crippen LogP contribution in [-0.4, -0.2) is 8.42 Å². The zero-order chi connectivity index (χ0) is 9.35. The summed E-state index contributed by atoms with van der Waals surface area (Å²) in [5, 5.41) is 2.44. The molecule has 0 aliphatic rings. The van der Waals surface area contributed by atoms with Gasteiger partial charge in [-0.1, -0.05) is 11.6 Å². The molecule has 0 aromatic carbocycles. The van der Waals surface area contributed by atoms with Crippen molar-refractivity contribution >= 4 is 51.2 Å². The van der Waals surface area contributed by atoms with Crippen LogP contribution >= 0.6 is 44.1 Å². The van der Waals surface area contributed by atoms with E-state index in [0.29, 0.717) is 5.02 Å². The largest absolute Gasteiger partial charge is 0.218 e. The summed E-state index contributed by atoms with van der Waals surface area (Å²) in [4.78, 5) is 0.726. The summed E-state index contributed by atoms with van der Waals surface area (Å²) >= 11 is 8.67. The Hall–Kier alpha value is 0.670. The lowest BCUT2D eigenvalue weighted by Gasteiger charge is -1.93. The van der Waals surface area contributed by atoms with Crippen molar-refractivity contribution in [3.63, 3.8) is 0 Å². The summed E-state index contributed by atoms with van der Waals surface area (Å²) in [6, 6.07) is 0. The van der Waals surface area contributed by atoms with Gasteiger partial charge in [-0.2, -0.15) is 0 Å². The zero-order valence-corrected chi connectivity index (χ0v) is 10.7. The summed E-state index contributed by atoms with van der Waals surface area (Å²) in [6.45, 7) is 1.86. The monoisotopic (exact) mass is 336 g/mol. The molecule has 1 rings (SSSR count). The van der Waals surface area contributed by atoms with Gasteiger partial charge in [-0.05, 0) is 17.9 Å². The predicted molar refractivity (Wildman–Crippen MR) is 60.7 cm³/mol. The number of halogens is 2. The summed E-state index contributed by atoms with van der Waals surface area (Å²) < 4.78 is 21.8. The first-order chi connectivity index (χ1) is 5.40. The molecule has 1 heterocycles. The van der Waals surface area contributed by atoms with E-state index in [-0.39, 0.29) is 5.75 Å². The fraction of sp³-hybridized carbons (Fsp3) is 0.333. The van der Waals surface area contributed by atoms with Crippen LogP contribution in [0.1, 0.15) is 10.4 Å². The molecule has 6 heteroatoms. The molecule has 2 nitrogen and oxygen atoms in total. The van der Waals surface area contributed by atoms with E-state index in [9.17, 15) is 8.42 Å². The Morgan fingerprint density at radius 2 is 2.25 bits per heavy atom. The van der Waals surface area contributed by atoms with Gasteiger partial charge in [0.15, 0.2) is 0 Å². The minimum Gasteiger partial charge on any atom is -0.218 e. The molecule has 0 saturated heterocycles. The average molecular weight is 337 g/mol. The van der Waals surface area contributed by atoms with Gasteiger partial charge in [0, 0.05) is 4.88 Å². The van der Waals surface area contributed by atoms with E-state index in [4.69, 9.17) is 11.6 Å². The van der Waals surface area contributed by atoms with Crippen LogP contribution < -0.4 is 0 Å². The first kappa shape index (κ1) is 10.7. The molecule has 0 fully saturated rings. The van der Waals surface area contributed by atoms with Gasteiger partial charge in [0.25, 0.3) is 0 Å². The molecule has 0 bridgehead atoms. The Kier molecular flexibility index (Phi) is 3.41. The van der Waals surface area contributed by atoms with Gasteiger partial charge in [0.05, 0.1) is 32.0 Å². The van der Waals surface area contributed by atoms with Gasteiger partial charge >= 0.3 is 0 Å². The Morgan fingerprint density at radius 1 is 1.67 bits per heavy atom. The molecule has 0 aliphatic carbocycles. The molecular formula is C6H6ClIO2S2. The first-order valence-electron chi connectivity index (χ1n) is 3.05. The highest BCUT2D eigenvalue weighted by atomic mass is 127. The van der Waals surface area contributed by atoms with Crippen molar-refractivity contribution in [1.29, 1.82) is 0 Å². The van der Waals surface area contributed by atoms with Crippen LogP contribution in [0.15, 0.2) is 5.38 Å². The molecule has 1 aromatic rings. The number of hydrogen-bond acceptors (Lipinski definition) is 3. The van der Waals surface area contributed by atoms with E-state index in [2.05, 4.69) is 0 Å². The second-order valence-electron chi connectivity index (χ2n) is 2.34. The highest BCUT2D eigenvalue weighted by Crippen LogP contribution is 2.29. The van der Waals surface area contributed by atoms with Crippen LogP contribution in [-0.2, 0) is 12.8 Å². The van der Waals surface area contributed by atoms with Crippen molar-refractivity contribution in [2.24, 2.45) is 0 Å². The number of thiophene rings is 1. The lowest BCUT2D eigenvalue weighted by atomic mass is 10.3. The molecule has 0 radical (unpaired) electrons. The van der Waals surface area contributed by atoms with Gasteiger partial charge < -0.3 is 0 Å². The smallest absolute Gasteiger partial charge is 0.208 e. The zero-order valence-electron chi connectivity index (χ0n) is 6.17. The minimum atomic E-state index is -2.99. The Morgan fingerprint density at radius 3 is 2.58 bits per heavy atom. The standard InChI is InChI=1S/C6H6ClIO2S2/c1-4-2-11-5(6(4)7)3-12(8,9)10/h2H,3H2,1H3. The lowest BCUT2D eigenvalue weighted by molar-refractivity contribution is 0.612. The maximum Gasteiger partial charge on any atom is 0.208 e. The summed E-state index contributed by atoms with van der Waals surface area (Å²) in [7, 11) is -2.99. The highest BCUT2D eigenvalue weighted by molar-refractivity contribution is 14.2. The van der Waals surface area contributed by atoms with Crippen molar-refractivity contribution in [1.82, 2.24) is 0 Å². The van der Waals surface area contributed by atoms with Crippen molar-refractivity contribution in [3.8, 4) is 0 Å². The van der Waals surface area contributed by atoms with Gasteiger partial charge in [0.1, 0.15) is 0 Å². The van der Waals surface area contributed by atoms with Crippen LogP contribution in [0.2, 0.25) is 5.02 Å². The molecular weight excluding hydrogens is 331 g/mol. The topological polar surface area (TPSA) is 34.1 Å². The molecule has 0 spiro atoms. The second-order valence-corrected chi connectivity index (χ2v) is 9.07. The molecule has 0 atom stereocenters. The molecule has 0 unspecified atom stereocenters. The van der Waals surface area contributed by atoms with E-state index < -0.39 is 7.01 Å². The van der Waals surface area contributed by atoms with E-state index in [1.165, 1.54) is 32.5 Å². The van der Waals surface area contributed by atoms with E-state index in [1.807, 2.05) is 12.3 Å². The molecule has 0 amide bonds. The van der Waals surface area contributed by atoms with Crippen LogP contribution in [0.4, 0.5) is 0 Å². The van der Waals surface area contributed by atoms with Crippen molar-refractivity contribution in [2.45, 2.75) is 12.7 Å². The van der Waals surface area contributed by atoms with E-state index in [0.717, 1.165) is 10.4 Å². The van der Waals surface area contributed by atoms with Gasteiger partial charge in [0.2, 0.25) is 7.01 Å². The third kappa shape index (κ3) is 2.86. The SMILES string of the molecule is Cc1csc(CS(=O)(=O)I)c1Cl. The summed E-state index contributed by atoms with van der Waals surface area (Å²) in [5.41, 5.74) is 0.941. The van der Waals surface area contributed by atoms with Crippen LogP contribution in [0.5, 0.6) is 0 Å². The third-order valence-electron chi connectivity index (χ3n) is 1.27. The van der Waals surface area contributed by atoms with Crippen LogP contribution in [0.25, 0.3) is 0 Å². The quantitative estimate of drug-likeness (QED) is 0.614. The van der Waals surface area contributed by atoms with Crippen molar-refractivity contribution < 1.29 is 8.42 Å². The Labute approximate surface area is 92.4 Å². The highest BCUT2D eigenvalue weighted by Gasteiger charge is 2.12. The summed E-state index contributed by atoms with van der Waals surface area (Å²) in [5.74, 6) is 0.0326. The molecule has 0 saturated carbocycles. The Bertz CT molecular complexity index is 382. The van der Waals surface area contributed by atoms with E-state index >= 15 is 0 Å². The average Bonchev–Trinajstić information content (AvgIpc) is 2.16. The lowest BCUT2D eigenvalue weighted by Crippen LogP contribution is -1.91. The van der Waals surface area contributed by atoms with Crippen LogP contribution in [0, 0.1) is 6.92 Å². The molecule has 12 heavy (non-hydrogen) atoms. The Balaban J connectivity index is 2.99. The first-order valence-corrected chi connectivity index (χ1v) is 8.50. The minimum absolute atomic E-state index is 0.0326. The van der Waals surface area contributed by atoms with Crippen molar-refractivity contribution in [2.75, 3.05) is 0 Å². The van der Waals surface area contributed by atoms with Crippen molar-refractivity contribution in [3.05, 3.63) is 20.8 Å². The predicted octanol–water partition coefficient (Wildman–Crippen LogP) is 2.97. The maximum atomic E-state index is 10.9. The number of rotatable bonds is 2. The number of aryl methyl sites for hydroxylation is 1. The normalized spacial score (nSPS) is 11.9. The maximum absolute atomic E-state index is 10.9. The van der Waals surface area contributed by atoms with E-state index in [1.54, 1.807) is 0 Å². The molecule has 1 aromatic heterocycles. The molecule has 0 N–H and O–H groups in total. The van der Waals surface area contributed by atoms with Gasteiger partial charge in [-0.3, -0.25) is 0 Å². The fourth-order valence-electron chi connectivity index (χ4n) is 0.737. The molecule has 0 aliphatic heterocycles. The third-order valence-corrected chi connectivity index (χ3v) is 4.77.